The Morgan fingerprint density at radius 2 is 1.69 bits per heavy atom. The Kier molecular flexibility index (Phi) is 4.66. The summed E-state index contributed by atoms with van der Waals surface area (Å²) in [5.41, 5.74) is 0. The lowest BCUT2D eigenvalue weighted by molar-refractivity contribution is -0.913. The molecule has 0 spiro atoms. The second-order valence-electron chi connectivity index (χ2n) is 5.64. The highest BCUT2D eigenvalue weighted by Crippen LogP contribution is 2.23. The van der Waals surface area contributed by atoms with E-state index in [4.69, 9.17) is 0 Å². The van der Waals surface area contributed by atoms with Gasteiger partial charge in [-0.2, -0.15) is 0 Å². The molecule has 3 fully saturated rings. The lowest BCUT2D eigenvalue weighted by Crippen LogP contribution is -2.64. The Balaban J connectivity index is 1.58. The topological polar surface area (TPSA) is 3.24 Å². The standard InChI is InChI=1S/C14H28N2/c1-2-3-4-5-6-7-11-16-12-8-15(9-13-16)10-14-16/h12H,2-11,13-14H2,1H3. The third kappa shape index (κ3) is 3.21. The summed E-state index contributed by atoms with van der Waals surface area (Å²) in [5.74, 6) is 0. The Hall–Kier alpha value is -0.0800. The highest BCUT2D eigenvalue weighted by molar-refractivity contribution is 4.77. The van der Waals surface area contributed by atoms with Crippen molar-refractivity contribution >= 4 is 0 Å². The molecule has 0 radical (unpaired) electrons. The fourth-order valence-electron chi connectivity index (χ4n) is 3.08. The number of rotatable bonds is 7. The van der Waals surface area contributed by atoms with Crippen molar-refractivity contribution in [2.24, 2.45) is 0 Å². The van der Waals surface area contributed by atoms with Gasteiger partial charge in [0.2, 0.25) is 0 Å². The van der Waals surface area contributed by atoms with Gasteiger partial charge in [-0.25, -0.2) is 0 Å². The van der Waals surface area contributed by atoms with Crippen LogP contribution >= 0.6 is 0 Å². The summed E-state index contributed by atoms with van der Waals surface area (Å²) in [6.07, 6.45) is 8.61. The number of quaternary nitrogens is 1. The second-order valence-corrected chi connectivity index (χ2v) is 5.64. The zero-order valence-corrected chi connectivity index (χ0v) is 11.0. The van der Waals surface area contributed by atoms with Gasteiger partial charge in [-0.3, -0.25) is 0 Å². The maximum absolute atomic E-state index is 2.58. The van der Waals surface area contributed by atoms with Crippen molar-refractivity contribution in [1.82, 2.24) is 4.90 Å². The third-order valence-electron chi connectivity index (χ3n) is 4.41. The zero-order chi connectivity index (χ0) is 11.3. The summed E-state index contributed by atoms with van der Waals surface area (Å²) < 4.78 is 1.34. The highest BCUT2D eigenvalue weighted by atomic mass is 15.4. The number of unbranched alkanes of at least 4 members (excludes halogenated alkanes) is 5. The fourth-order valence-corrected chi connectivity index (χ4v) is 3.08. The fraction of sp³-hybridized carbons (Fsp3) is 0.929. The number of hydrogen-bond acceptors (Lipinski definition) is 1. The average molecular weight is 224 g/mol. The predicted molar refractivity (Wildman–Crippen MR) is 69.0 cm³/mol. The van der Waals surface area contributed by atoms with Crippen molar-refractivity contribution < 1.29 is 4.48 Å². The van der Waals surface area contributed by atoms with Crippen molar-refractivity contribution in [2.45, 2.75) is 45.4 Å². The normalized spacial score (nSPS) is 33.2. The van der Waals surface area contributed by atoms with E-state index in [0.717, 1.165) is 0 Å². The zero-order valence-electron chi connectivity index (χ0n) is 11.0. The van der Waals surface area contributed by atoms with Crippen molar-refractivity contribution in [3.8, 4) is 0 Å². The molecule has 0 atom stereocenters. The van der Waals surface area contributed by atoms with E-state index in [1.165, 1.54) is 82.3 Å². The van der Waals surface area contributed by atoms with E-state index in [2.05, 4.69) is 18.4 Å². The molecule has 0 amide bonds. The highest BCUT2D eigenvalue weighted by Gasteiger charge is 2.30. The van der Waals surface area contributed by atoms with Crippen LogP contribution in [0.4, 0.5) is 0 Å². The predicted octanol–water partition coefficient (Wildman–Crippen LogP) is 2.65. The Morgan fingerprint density at radius 1 is 1.00 bits per heavy atom. The maximum atomic E-state index is 2.58. The van der Waals surface area contributed by atoms with Crippen LogP contribution in [0.3, 0.4) is 0 Å². The Bertz CT molecular complexity index is 181. The minimum Gasteiger partial charge on any atom is -0.451 e. The summed E-state index contributed by atoms with van der Waals surface area (Å²) in [6, 6.07) is 0. The van der Waals surface area contributed by atoms with Gasteiger partial charge < -0.3 is 9.38 Å². The summed E-state index contributed by atoms with van der Waals surface area (Å²) in [7, 11) is 0. The van der Waals surface area contributed by atoms with Crippen molar-refractivity contribution in [2.75, 3.05) is 39.3 Å². The molecule has 0 N–H and O–H groups in total. The smallest absolute Gasteiger partial charge is 0.0676 e. The van der Waals surface area contributed by atoms with Crippen LogP contribution in [0.15, 0.2) is 0 Å². The van der Waals surface area contributed by atoms with E-state index in [1.807, 2.05) is 0 Å². The molecule has 0 aliphatic carbocycles. The van der Waals surface area contributed by atoms with Gasteiger partial charge in [0.05, 0.1) is 19.6 Å². The van der Waals surface area contributed by atoms with E-state index in [0.29, 0.717) is 0 Å². The Labute approximate surface area is 101 Å². The van der Waals surface area contributed by atoms with Crippen LogP contribution in [0, 0.1) is 6.54 Å². The van der Waals surface area contributed by atoms with Crippen LogP contribution in [0.5, 0.6) is 0 Å². The number of piperazine rings is 3. The summed E-state index contributed by atoms with van der Waals surface area (Å²) >= 11 is 0. The molecule has 0 aromatic heterocycles. The molecular formula is C14H28N2. The summed E-state index contributed by atoms with van der Waals surface area (Å²) in [6.45, 7) is 13.0. The van der Waals surface area contributed by atoms with E-state index in [1.54, 1.807) is 0 Å². The van der Waals surface area contributed by atoms with Gasteiger partial charge in [-0.15, -0.1) is 6.54 Å². The van der Waals surface area contributed by atoms with Crippen molar-refractivity contribution in [3.05, 3.63) is 6.54 Å². The van der Waals surface area contributed by atoms with Crippen LogP contribution in [0.25, 0.3) is 0 Å². The van der Waals surface area contributed by atoms with Gasteiger partial charge in [0.15, 0.2) is 0 Å². The number of hydrogen-bond donors (Lipinski definition) is 0. The largest absolute Gasteiger partial charge is 0.451 e. The first-order valence-corrected chi connectivity index (χ1v) is 7.27. The first-order chi connectivity index (χ1) is 7.85. The van der Waals surface area contributed by atoms with Crippen LogP contribution < -0.4 is 0 Å². The minimum absolute atomic E-state index is 1.25. The molecular weight excluding hydrogens is 196 g/mol. The average Bonchev–Trinajstić information content (AvgIpc) is 2.36. The molecule has 2 bridgehead atoms. The van der Waals surface area contributed by atoms with Crippen molar-refractivity contribution in [3.63, 3.8) is 0 Å². The summed E-state index contributed by atoms with van der Waals surface area (Å²) in [5, 5.41) is 0. The van der Waals surface area contributed by atoms with Gasteiger partial charge in [0.1, 0.15) is 0 Å². The second kappa shape index (κ2) is 6.02. The minimum atomic E-state index is 1.25. The van der Waals surface area contributed by atoms with Gasteiger partial charge in [0, 0.05) is 13.1 Å². The molecule has 2 heteroatoms. The number of fused-ring (bicyclic) bond motifs is 3. The van der Waals surface area contributed by atoms with Crippen molar-refractivity contribution in [1.29, 1.82) is 0 Å². The van der Waals surface area contributed by atoms with E-state index in [-0.39, 0.29) is 0 Å². The van der Waals surface area contributed by atoms with E-state index < -0.39 is 0 Å². The molecule has 3 aliphatic heterocycles. The molecule has 3 aliphatic rings. The molecule has 3 saturated heterocycles. The van der Waals surface area contributed by atoms with Gasteiger partial charge >= 0.3 is 0 Å². The van der Waals surface area contributed by atoms with Gasteiger partial charge in [-0.05, 0) is 12.8 Å². The monoisotopic (exact) mass is 224 g/mol. The lowest BCUT2D eigenvalue weighted by Gasteiger charge is -2.58. The molecule has 3 heterocycles. The van der Waals surface area contributed by atoms with E-state index >= 15 is 0 Å². The first-order valence-electron chi connectivity index (χ1n) is 7.27. The Morgan fingerprint density at radius 3 is 2.31 bits per heavy atom. The molecule has 0 aromatic carbocycles. The molecule has 2 nitrogen and oxygen atoms in total. The van der Waals surface area contributed by atoms with E-state index in [9.17, 15) is 0 Å². The third-order valence-corrected chi connectivity index (χ3v) is 4.41. The van der Waals surface area contributed by atoms with Crippen LogP contribution in [-0.4, -0.2) is 48.7 Å². The molecule has 0 unspecified atom stereocenters. The van der Waals surface area contributed by atoms with Crippen LogP contribution in [0.2, 0.25) is 0 Å². The van der Waals surface area contributed by atoms with Crippen LogP contribution in [-0.2, 0) is 0 Å². The first kappa shape index (κ1) is 12.4. The molecule has 16 heavy (non-hydrogen) atoms. The molecule has 0 aromatic rings. The molecule has 0 saturated carbocycles. The lowest BCUT2D eigenvalue weighted by atomic mass is 10.1. The molecule has 3 rings (SSSR count). The molecule has 94 valence electrons. The van der Waals surface area contributed by atoms with Gasteiger partial charge in [-0.1, -0.05) is 39.2 Å². The number of nitrogens with zero attached hydrogens (tertiary/aromatic N) is 2. The maximum Gasteiger partial charge on any atom is 0.0676 e. The summed E-state index contributed by atoms with van der Waals surface area (Å²) in [4.78, 5) is 2.58. The van der Waals surface area contributed by atoms with Gasteiger partial charge in [0.25, 0.3) is 0 Å². The SMILES string of the molecule is CCCCCCCC[N+]12[CH-]CN(CC1)CC2. The quantitative estimate of drug-likeness (QED) is 0.365. The van der Waals surface area contributed by atoms with Crippen LogP contribution in [0.1, 0.15) is 45.4 Å².